The molecule has 2 nitrogen and oxygen atoms in total. The summed E-state index contributed by atoms with van der Waals surface area (Å²) in [5.41, 5.74) is 1.09. The second-order valence-corrected chi connectivity index (χ2v) is 3.43. The van der Waals surface area contributed by atoms with Gasteiger partial charge in [-0.05, 0) is 5.56 Å². The molecule has 1 aromatic carbocycles. The van der Waals surface area contributed by atoms with Crippen molar-refractivity contribution in [3.8, 4) is 0 Å². The lowest BCUT2D eigenvalue weighted by atomic mass is 10.2. The van der Waals surface area contributed by atoms with Crippen molar-refractivity contribution in [3.05, 3.63) is 35.9 Å². The number of hydrogen-bond donors (Lipinski definition) is 1. The van der Waals surface area contributed by atoms with E-state index in [4.69, 9.17) is 4.74 Å². The molecule has 0 spiro atoms. The van der Waals surface area contributed by atoms with Crippen LogP contribution in [0.4, 0.5) is 0 Å². The van der Waals surface area contributed by atoms with Crippen LogP contribution < -0.4 is 0 Å². The zero-order valence-corrected chi connectivity index (χ0v) is 10.1. The summed E-state index contributed by atoms with van der Waals surface area (Å²) in [6.07, 6.45) is -0.666. The van der Waals surface area contributed by atoms with Crippen molar-refractivity contribution >= 4 is 0 Å². The van der Waals surface area contributed by atoms with Crippen LogP contribution in [0.3, 0.4) is 0 Å². The number of benzene rings is 1. The van der Waals surface area contributed by atoms with E-state index in [1.54, 1.807) is 0 Å². The van der Waals surface area contributed by atoms with Crippen molar-refractivity contribution in [2.24, 2.45) is 5.92 Å². The Kier molecular flexibility index (Phi) is 7.96. The molecule has 0 heterocycles. The van der Waals surface area contributed by atoms with Gasteiger partial charge in [0.15, 0.2) is 6.29 Å². The first-order chi connectivity index (χ1) is 7.20. The first kappa shape index (κ1) is 14.1. The quantitative estimate of drug-likeness (QED) is 0.773. The number of hydrogen-bond acceptors (Lipinski definition) is 2. The Balaban J connectivity index is 0.000000921. The van der Waals surface area contributed by atoms with E-state index in [1.807, 2.05) is 58.0 Å². The Morgan fingerprint density at radius 3 is 2.13 bits per heavy atom. The van der Waals surface area contributed by atoms with Crippen LogP contribution >= 0.6 is 0 Å². The largest absolute Gasteiger partial charge is 0.368 e. The molecule has 2 heteroatoms. The summed E-state index contributed by atoms with van der Waals surface area (Å²) < 4.78 is 5.24. The summed E-state index contributed by atoms with van der Waals surface area (Å²) in [6, 6.07) is 9.84. The fraction of sp³-hybridized carbons (Fsp3) is 0.538. The molecule has 0 aliphatic heterocycles. The molecule has 0 aliphatic rings. The number of rotatable bonds is 4. The van der Waals surface area contributed by atoms with Crippen LogP contribution in [0.15, 0.2) is 30.3 Å². The SMILES string of the molecule is CC.CC(C)C(O)OCc1ccccc1. The lowest BCUT2D eigenvalue weighted by Crippen LogP contribution is -2.18. The maximum atomic E-state index is 9.37. The van der Waals surface area contributed by atoms with Crippen molar-refractivity contribution < 1.29 is 9.84 Å². The molecule has 0 bridgehead atoms. The average molecular weight is 210 g/mol. The van der Waals surface area contributed by atoms with Crippen molar-refractivity contribution in [2.75, 3.05) is 0 Å². The molecule has 0 aliphatic carbocycles. The Morgan fingerprint density at radius 1 is 1.13 bits per heavy atom. The van der Waals surface area contributed by atoms with Gasteiger partial charge in [-0.3, -0.25) is 0 Å². The number of aliphatic hydroxyl groups excluding tert-OH is 1. The van der Waals surface area contributed by atoms with Crippen molar-refractivity contribution in [3.63, 3.8) is 0 Å². The van der Waals surface area contributed by atoms with E-state index in [1.165, 1.54) is 0 Å². The summed E-state index contributed by atoms with van der Waals surface area (Å²) in [5, 5.41) is 9.37. The second kappa shape index (κ2) is 8.45. The highest BCUT2D eigenvalue weighted by molar-refractivity contribution is 5.13. The van der Waals surface area contributed by atoms with Gasteiger partial charge in [-0.25, -0.2) is 0 Å². The van der Waals surface area contributed by atoms with Gasteiger partial charge in [0.05, 0.1) is 6.61 Å². The Hall–Kier alpha value is -0.860. The summed E-state index contributed by atoms with van der Waals surface area (Å²) in [7, 11) is 0. The molecular weight excluding hydrogens is 188 g/mol. The Labute approximate surface area is 92.9 Å². The van der Waals surface area contributed by atoms with Crippen LogP contribution in [-0.4, -0.2) is 11.4 Å². The number of ether oxygens (including phenoxy) is 1. The van der Waals surface area contributed by atoms with E-state index in [-0.39, 0.29) is 5.92 Å². The van der Waals surface area contributed by atoms with Gasteiger partial charge in [0.1, 0.15) is 0 Å². The van der Waals surface area contributed by atoms with Gasteiger partial charge in [0, 0.05) is 5.92 Å². The highest BCUT2D eigenvalue weighted by Crippen LogP contribution is 2.07. The van der Waals surface area contributed by atoms with Gasteiger partial charge >= 0.3 is 0 Å². The maximum absolute atomic E-state index is 9.37. The van der Waals surface area contributed by atoms with Gasteiger partial charge in [-0.15, -0.1) is 0 Å². The molecular formula is C13H22O2. The molecule has 1 rings (SSSR count). The van der Waals surface area contributed by atoms with E-state index in [9.17, 15) is 5.11 Å². The molecule has 1 aromatic rings. The molecule has 15 heavy (non-hydrogen) atoms. The normalized spacial score (nSPS) is 11.9. The minimum Gasteiger partial charge on any atom is -0.368 e. The van der Waals surface area contributed by atoms with Crippen LogP contribution in [-0.2, 0) is 11.3 Å². The third kappa shape index (κ3) is 6.26. The van der Waals surface area contributed by atoms with Crippen LogP contribution in [0.2, 0.25) is 0 Å². The summed E-state index contributed by atoms with van der Waals surface area (Å²) in [5.74, 6) is 0.142. The van der Waals surface area contributed by atoms with E-state index >= 15 is 0 Å². The number of aliphatic hydroxyl groups is 1. The highest BCUT2D eigenvalue weighted by atomic mass is 16.6. The lowest BCUT2D eigenvalue weighted by Gasteiger charge is -2.14. The molecule has 0 saturated heterocycles. The van der Waals surface area contributed by atoms with Crippen LogP contribution in [0.1, 0.15) is 33.3 Å². The van der Waals surface area contributed by atoms with Crippen LogP contribution in [0.25, 0.3) is 0 Å². The molecule has 1 N–H and O–H groups in total. The lowest BCUT2D eigenvalue weighted by molar-refractivity contribution is -0.134. The molecule has 86 valence electrons. The van der Waals surface area contributed by atoms with E-state index in [0.29, 0.717) is 6.61 Å². The van der Waals surface area contributed by atoms with Gasteiger partial charge in [0.2, 0.25) is 0 Å². The minimum absolute atomic E-state index is 0.142. The topological polar surface area (TPSA) is 29.5 Å². The van der Waals surface area contributed by atoms with E-state index in [2.05, 4.69) is 0 Å². The maximum Gasteiger partial charge on any atom is 0.157 e. The third-order valence-electron chi connectivity index (χ3n) is 1.83. The fourth-order valence-electron chi connectivity index (χ4n) is 0.948. The van der Waals surface area contributed by atoms with Gasteiger partial charge < -0.3 is 9.84 Å². The standard InChI is InChI=1S/C11H16O2.C2H6/c1-9(2)11(12)13-8-10-6-4-3-5-7-10;1-2/h3-7,9,11-12H,8H2,1-2H3;1-2H3. The average Bonchev–Trinajstić information content (AvgIpc) is 2.30. The van der Waals surface area contributed by atoms with Crippen molar-refractivity contribution in [2.45, 2.75) is 40.6 Å². The predicted molar refractivity (Wildman–Crippen MR) is 63.4 cm³/mol. The third-order valence-corrected chi connectivity index (χ3v) is 1.83. The van der Waals surface area contributed by atoms with Crippen molar-refractivity contribution in [1.82, 2.24) is 0 Å². The van der Waals surface area contributed by atoms with Gasteiger partial charge in [0.25, 0.3) is 0 Å². The molecule has 0 fully saturated rings. The predicted octanol–water partition coefficient (Wildman–Crippen LogP) is 3.20. The van der Waals surface area contributed by atoms with Gasteiger partial charge in [-0.1, -0.05) is 58.0 Å². The molecule has 0 aromatic heterocycles. The highest BCUT2D eigenvalue weighted by Gasteiger charge is 2.08. The van der Waals surface area contributed by atoms with Crippen molar-refractivity contribution in [1.29, 1.82) is 0 Å². The molecule has 1 unspecified atom stereocenters. The van der Waals surface area contributed by atoms with Crippen LogP contribution in [0.5, 0.6) is 0 Å². The van der Waals surface area contributed by atoms with E-state index < -0.39 is 6.29 Å². The van der Waals surface area contributed by atoms with E-state index in [0.717, 1.165) is 5.56 Å². The molecule has 1 atom stereocenters. The monoisotopic (exact) mass is 210 g/mol. The van der Waals surface area contributed by atoms with Gasteiger partial charge in [-0.2, -0.15) is 0 Å². The summed E-state index contributed by atoms with van der Waals surface area (Å²) in [6.45, 7) is 8.32. The Morgan fingerprint density at radius 2 is 1.67 bits per heavy atom. The first-order valence-corrected chi connectivity index (χ1v) is 5.53. The summed E-state index contributed by atoms with van der Waals surface area (Å²) >= 11 is 0. The zero-order valence-electron chi connectivity index (χ0n) is 10.1. The Bertz CT molecular complexity index is 232. The molecule has 0 saturated carbocycles. The molecule has 0 radical (unpaired) electrons. The smallest absolute Gasteiger partial charge is 0.157 e. The second-order valence-electron chi connectivity index (χ2n) is 3.43. The molecule has 0 amide bonds. The van der Waals surface area contributed by atoms with Crippen LogP contribution in [0, 0.1) is 5.92 Å². The first-order valence-electron chi connectivity index (χ1n) is 5.53. The summed E-state index contributed by atoms with van der Waals surface area (Å²) in [4.78, 5) is 0. The minimum atomic E-state index is -0.666. The zero-order chi connectivity index (χ0) is 11.7. The fourth-order valence-corrected chi connectivity index (χ4v) is 0.948.